The summed E-state index contributed by atoms with van der Waals surface area (Å²) in [6.07, 6.45) is 0. The van der Waals surface area contributed by atoms with Gasteiger partial charge in [0.05, 0.1) is 25.6 Å². The van der Waals surface area contributed by atoms with Crippen LogP contribution in [0.1, 0.15) is 0 Å². The van der Waals surface area contributed by atoms with Crippen molar-refractivity contribution in [1.29, 1.82) is 0 Å². The van der Waals surface area contributed by atoms with Crippen LogP contribution in [0, 0.1) is 0 Å². The third-order valence-electron chi connectivity index (χ3n) is 2.56. The largest absolute Gasteiger partial charge is 0.497 e. The molecular weight excluding hydrogens is 252 g/mol. The Balaban J connectivity index is 2.52. The Labute approximate surface area is 110 Å². The predicted octanol–water partition coefficient (Wildman–Crippen LogP) is 3.00. The molecule has 18 heavy (non-hydrogen) atoms. The van der Waals surface area contributed by atoms with Crippen LogP contribution in [0.4, 0.5) is 5.69 Å². The second kappa shape index (κ2) is 5.14. The molecule has 0 amide bonds. The van der Waals surface area contributed by atoms with Crippen LogP contribution in [0.5, 0.6) is 11.5 Å². The molecule has 0 saturated carbocycles. The third-order valence-corrected chi connectivity index (χ3v) is 2.86. The van der Waals surface area contributed by atoms with Crippen LogP contribution in [-0.4, -0.2) is 19.2 Å². The molecule has 94 valence electrons. The Bertz CT molecular complexity index is 573. The highest BCUT2D eigenvalue weighted by molar-refractivity contribution is 6.31. The van der Waals surface area contributed by atoms with Gasteiger partial charge in [0.2, 0.25) is 0 Å². The van der Waals surface area contributed by atoms with Gasteiger partial charge in [-0.1, -0.05) is 11.6 Å². The van der Waals surface area contributed by atoms with Crippen molar-refractivity contribution >= 4 is 17.3 Å². The number of halogens is 1. The third kappa shape index (κ3) is 2.33. The molecule has 0 aliphatic rings. The number of pyridine rings is 1. The van der Waals surface area contributed by atoms with Crippen LogP contribution in [0.2, 0.25) is 5.15 Å². The molecule has 1 aromatic carbocycles. The zero-order valence-corrected chi connectivity index (χ0v) is 10.9. The van der Waals surface area contributed by atoms with Crippen molar-refractivity contribution in [3.05, 3.63) is 35.5 Å². The summed E-state index contributed by atoms with van der Waals surface area (Å²) in [5, 5.41) is 0.283. The smallest absolute Gasteiger partial charge is 0.152 e. The van der Waals surface area contributed by atoms with Gasteiger partial charge in [-0.3, -0.25) is 0 Å². The van der Waals surface area contributed by atoms with Gasteiger partial charge in [-0.25, -0.2) is 4.98 Å². The zero-order valence-electron chi connectivity index (χ0n) is 10.1. The highest BCUT2D eigenvalue weighted by atomic mass is 35.5. The van der Waals surface area contributed by atoms with Crippen molar-refractivity contribution in [3.8, 4) is 22.8 Å². The average Bonchev–Trinajstić information content (AvgIpc) is 2.41. The lowest BCUT2D eigenvalue weighted by molar-refractivity contribution is 0.395. The second-order valence-electron chi connectivity index (χ2n) is 3.64. The molecular formula is C13H13ClN2O2. The molecule has 2 rings (SSSR count). The number of rotatable bonds is 3. The minimum Gasteiger partial charge on any atom is -0.497 e. The van der Waals surface area contributed by atoms with Crippen molar-refractivity contribution in [2.75, 3.05) is 20.0 Å². The van der Waals surface area contributed by atoms with Gasteiger partial charge in [0.25, 0.3) is 0 Å². The van der Waals surface area contributed by atoms with E-state index in [1.807, 2.05) is 12.1 Å². The van der Waals surface area contributed by atoms with E-state index in [1.165, 1.54) is 0 Å². The van der Waals surface area contributed by atoms with Crippen molar-refractivity contribution in [2.45, 2.75) is 0 Å². The molecule has 0 unspecified atom stereocenters. The average molecular weight is 265 g/mol. The first-order valence-electron chi connectivity index (χ1n) is 5.30. The monoisotopic (exact) mass is 264 g/mol. The summed E-state index contributed by atoms with van der Waals surface area (Å²) in [4.78, 5) is 4.23. The Morgan fingerprint density at radius 1 is 1.11 bits per heavy atom. The Hall–Kier alpha value is -1.94. The Morgan fingerprint density at radius 2 is 1.89 bits per heavy atom. The maximum Gasteiger partial charge on any atom is 0.152 e. The lowest BCUT2D eigenvalue weighted by Crippen LogP contribution is -1.94. The molecule has 0 saturated heterocycles. The summed E-state index contributed by atoms with van der Waals surface area (Å²) in [7, 11) is 3.20. The molecule has 1 aromatic heterocycles. The van der Waals surface area contributed by atoms with Crippen molar-refractivity contribution in [3.63, 3.8) is 0 Å². The molecule has 0 radical (unpaired) electrons. The van der Waals surface area contributed by atoms with Gasteiger partial charge >= 0.3 is 0 Å². The lowest BCUT2D eigenvalue weighted by Gasteiger charge is -2.10. The van der Waals surface area contributed by atoms with Crippen molar-refractivity contribution < 1.29 is 9.47 Å². The number of methoxy groups -OCH3 is 2. The van der Waals surface area contributed by atoms with E-state index in [2.05, 4.69) is 4.98 Å². The number of nitrogen functional groups attached to an aromatic ring is 1. The van der Waals surface area contributed by atoms with Gasteiger partial charge in [-0.15, -0.1) is 0 Å². The molecule has 0 atom stereocenters. The van der Waals surface area contributed by atoms with Gasteiger partial charge in [-0.05, 0) is 24.3 Å². The van der Waals surface area contributed by atoms with Gasteiger partial charge in [-0.2, -0.15) is 0 Å². The molecule has 1 heterocycles. The normalized spacial score (nSPS) is 10.2. The number of anilines is 1. The minimum absolute atomic E-state index is 0.283. The lowest BCUT2D eigenvalue weighted by atomic mass is 10.1. The minimum atomic E-state index is 0.283. The number of hydrogen-bond donors (Lipinski definition) is 1. The summed E-state index contributed by atoms with van der Waals surface area (Å²) in [5.74, 6) is 1.39. The fourth-order valence-corrected chi connectivity index (χ4v) is 1.76. The summed E-state index contributed by atoms with van der Waals surface area (Å²) in [5.41, 5.74) is 7.63. The zero-order chi connectivity index (χ0) is 13.1. The van der Waals surface area contributed by atoms with Gasteiger partial charge < -0.3 is 15.2 Å². The number of hydrogen-bond acceptors (Lipinski definition) is 4. The molecule has 2 aromatic rings. The summed E-state index contributed by atoms with van der Waals surface area (Å²) in [6, 6.07) is 9.01. The van der Waals surface area contributed by atoms with Crippen LogP contribution in [0.15, 0.2) is 30.3 Å². The van der Waals surface area contributed by atoms with E-state index in [9.17, 15) is 0 Å². The second-order valence-corrected chi connectivity index (χ2v) is 4.00. The standard InChI is InChI=1S/C13H13ClN2O2/c1-17-8-3-4-9(12(7-8)18-2)11-6-5-10(15)13(14)16-11/h3-7H,15H2,1-2H3. The van der Waals surface area contributed by atoms with E-state index in [-0.39, 0.29) is 5.15 Å². The molecule has 5 heteroatoms. The quantitative estimate of drug-likeness (QED) is 0.866. The highest BCUT2D eigenvalue weighted by Gasteiger charge is 2.10. The topological polar surface area (TPSA) is 57.4 Å². The van der Waals surface area contributed by atoms with Gasteiger partial charge in [0, 0.05) is 11.6 Å². The van der Waals surface area contributed by atoms with E-state index in [0.717, 1.165) is 11.3 Å². The number of ether oxygens (including phenoxy) is 2. The highest BCUT2D eigenvalue weighted by Crippen LogP contribution is 2.33. The molecule has 4 nitrogen and oxygen atoms in total. The molecule has 0 bridgehead atoms. The first-order chi connectivity index (χ1) is 8.65. The van der Waals surface area contributed by atoms with E-state index in [0.29, 0.717) is 17.1 Å². The number of nitrogens with zero attached hydrogens (tertiary/aromatic N) is 1. The Morgan fingerprint density at radius 3 is 2.50 bits per heavy atom. The fraction of sp³-hybridized carbons (Fsp3) is 0.154. The molecule has 0 aliphatic carbocycles. The van der Waals surface area contributed by atoms with E-state index in [4.69, 9.17) is 26.8 Å². The van der Waals surface area contributed by atoms with Crippen molar-refractivity contribution in [2.24, 2.45) is 0 Å². The van der Waals surface area contributed by atoms with Crippen LogP contribution in [0.3, 0.4) is 0 Å². The summed E-state index contributed by atoms with van der Waals surface area (Å²) < 4.78 is 10.5. The molecule has 0 aliphatic heterocycles. The van der Waals surface area contributed by atoms with Gasteiger partial charge in [0.1, 0.15) is 11.5 Å². The van der Waals surface area contributed by atoms with E-state index >= 15 is 0 Å². The summed E-state index contributed by atoms with van der Waals surface area (Å²) >= 11 is 5.92. The SMILES string of the molecule is COc1ccc(-c2ccc(N)c(Cl)n2)c(OC)c1. The molecule has 0 fully saturated rings. The maximum absolute atomic E-state index is 5.92. The van der Waals surface area contributed by atoms with Crippen LogP contribution >= 0.6 is 11.6 Å². The molecule has 0 spiro atoms. The first kappa shape index (κ1) is 12.5. The first-order valence-corrected chi connectivity index (χ1v) is 5.68. The molecule has 2 N–H and O–H groups in total. The van der Waals surface area contributed by atoms with Crippen molar-refractivity contribution in [1.82, 2.24) is 4.98 Å². The van der Waals surface area contributed by atoms with Crippen LogP contribution < -0.4 is 15.2 Å². The summed E-state index contributed by atoms with van der Waals surface area (Å²) in [6.45, 7) is 0. The number of nitrogens with two attached hydrogens (primary N) is 1. The predicted molar refractivity (Wildman–Crippen MR) is 72.2 cm³/mol. The van der Waals surface area contributed by atoms with Gasteiger partial charge in [0.15, 0.2) is 5.15 Å². The van der Waals surface area contributed by atoms with E-state index in [1.54, 1.807) is 32.4 Å². The number of benzene rings is 1. The van der Waals surface area contributed by atoms with Crippen LogP contribution in [-0.2, 0) is 0 Å². The van der Waals surface area contributed by atoms with E-state index < -0.39 is 0 Å². The van der Waals surface area contributed by atoms with Crippen LogP contribution in [0.25, 0.3) is 11.3 Å². The Kier molecular flexibility index (Phi) is 3.58. The fourth-order valence-electron chi connectivity index (χ4n) is 1.61. The number of aromatic nitrogens is 1. The maximum atomic E-state index is 5.92.